The minimum absolute atomic E-state index is 0.0694. The standard InChI is InChI=1S/C49H50N18/c1-4-51-22-28-17-31(24-52-23-28)29-5-6-37-34(19-29)42(62-60-37)46-56-39-8-10-55-49(45(39)59-46)67-16-13-65(3)40(27-67)35-20-30(32-18-33(50)26-53-25-32)21-36-41(35)61-63-43(36)47-57-38-7-9-54-48(44(38)58-47)66-14-11-64(2)12-15-66/h5-10,17-21,23-26,40,51H,4,11-16,22,27,50H2,1-3H3,(H,56,59)(H,57,58)(H,60,62)(H,61,63). The van der Waals surface area contributed by atoms with E-state index in [1.165, 1.54) is 0 Å². The summed E-state index contributed by atoms with van der Waals surface area (Å²) in [6, 6.07) is 18.8. The smallest absolute Gasteiger partial charge is 0.159 e. The maximum atomic E-state index is 6.33. The lowest BCUT2D eigenvalue weighted by Crippen LogP contribution is -2.47. The molecule has 7 N–H and O–H groups in total. The number of likely N-dealkylation sites (N-methyl/N-ethyl adjacent to an activating group) is 2. The third-order valence-electron chi connectivity index (χ3n) is 13.4. The number of imidazole rings is 2. The van der Waals surface area contributed by atoms with E-state index in [9.17, 15) is 0 Å². The van der Waals surface area contributed by atoms with Crippen LogP contribution in [-0.2, 0) is 6.54 Å². The molecular formula is C49H50N18. The number of nitrogen functional groups attached to an aromatic ring is 1. The first-order valence-electron chi connectivity index (χ1n) is 22.8. The van der Waals surface area contributed by atoms with Crippen molar-refractivity contribution in [3.63, 3.8) is 0 Å². The number of nitrogens with two attached hydrogens (primary N) is 1. The van der Waals surface area contributed by atoms with Gasteiger partial charge in [-0.2, -0.15) is 10.2 Å². The van der Waals surface area contributed by atoms with Gasteiger partial charge in [-0.3, -0.25) is 25.1 Å². The second-order valence-electron chi connectivity index (χ2n) is 17.7. The number of aromatic amines is 4. The second-order valence-corrected chi connectivity index (χ2v) is 17.7. The van der Waals surface area contributed by atoms with E-state index in [4.69, 9.17) is 35.9 Å². The minimum atomic E-state index is -0.0694. The molecule has 1 unspecified atom stereocenters. The van der Waals surface area contributed by atoms with Crippen LogP contribution >= 0.6 is 0 Å². The molecule has 18 heteroatoms. The van der Waals surface area contributed by atoms with Crippen molar-refractivity contribution >= 4 is 61.2 Å². The number of H-pyrrole nitrogens is 4. The molecule has 0 spiro atoms. The first kappa shape index (κ1) is 40.7. The fourth-order valence-corrected chi connectivity index (χ4v) is 9.70. The molecule has 10 heterocycles. The summed E-state index contributed by atoms with van der Waals surface area (Å²) in [5.41, 5.74) is 19.9. The molecule has 2 aliphatic rings. The quantitative estimate of drug-likeness (QED) is 0.0879. The summed E-state index contributed by atoms with van der Waals surface area (Å²) >= 11 is 0. The van der Waals surface area contributed by atoms with Crippen LogP contribution < -0.4 is 20.9 Å². The third kappa shape index (κ3) is 7.34. The number of piperazine rings is 2. The summed E-state index contributed by atoms with van der Waals surface area (Å²) in [5, 5.41) is 21.7. The average Bonchev–Trinajstić information content (AvgIpc) is 4.18. The first-order chi connectivity index (χ1) is 32.8. The van der Waals surface area contributed by atoms with Crippen molar-refractivity contribution in [1.82, 2.24) is 75.4 Å². The zero-order valence-corrected chi connectivity index (χ0v) is 37.5. The fraction of sp³-hybridized carbons (Fsp3) is 0.265. The van der Waals surface area contributed by atoms with Gasteiger partial charge in [-0.1, -0.05) is 13.0 Å². The van der Waals surface area contributed by atoms with Crippen molar-refractivity contribution in [2.24, 2.45) is 0 Å². The van der Waals surface area contributed by atoms with Crippen molar-refractivity contribution in [3.05, 3.63) is 103 Å². The highest BCUT2D eigenvalue weighted by Crippen LogP contribution is 2.40. The molecule has 0 bridgehead atoms. The summed E-state index contributed by atoms with van der Waals surface area (Å²) in [5.74, 6) is 3.07. The van der Waals surface area contributed by atoms with Crippen LogP contribution in [0.2, 0.25) is 0 Å². The molecule has 2 aromatic carbocycles. The van der Waals surface area contributed by atoms with E-state index in [1.54, 1.807) is 6.20 Å². The highest BCUT2D eigenvalue weighted by Gasteiger charge is 2.32. The molecule has 336 valence electrons. The SMILES string of the molecule is CCNCc1cncc(-c2ccc3[nH]nc(-c4nc5c(N6CCN(C)C(c7cc(-c8cncc(N)c8)cc8c(-c9nc%10c(N%11CCN(C)CC%11)nccc%10[nH]9)[nH]nc78)C6)nccc5[nH]4)c3c2)c1. The van der Waals surface area contributed by atoms with Crippen LogP contribution in [0.1, 0.15) is 24.1 Å². The van der Waals surface area contributed by atoms with Crippen LogP contribution in [-0.4, -0.2) is 137 Å². The predicted octanol–water partition coefficient (Wildman–Crippen LogP) is 6.38. The van der Waals surface area contributed by atoms with Crippen LogP contribution in [0.5, 0.6) is 0 Å². The largest absolute Gasteiger partial charge is 0.397 e. The molecule has 12 rings (SSSR count). The van der Waals surface area contributed by atoms with Crippen LogP contribution in [0.4, 0.5) is 17.3 Å². The minimum Gasteiger partial charge on any atom is -0.397 e. The first-order valence-corrected chi connectivity index (χ1v) is 22.8. The molecule has 2 fully saturated rings. The molecule has 2 saturated heterocycles. The number of rotatable bonds is 10. The van der Waals surface area contributed by atoms with E-state index in [0.717, 1.165) is 153 Å². The van der Waals surface area contributed by atoms with Crippen molar-refractivity contribution in [2.45, 2.75) is 19.5 Å². The number of hydrogen-bond acceptors (Lipinski definition) is 14. The Hall–Kier alpha value is -7.80. The zero-order chi connectivity index (χ0) is 45.2. The molecule has 1 atom stereocenters. The highest BCUT2D eigenvalue weighted by molar-refractivity contribution is 6.00. The maximum absolute atomic E-state index is 6.33. The Morgan fingerprint density at radius 2 is 1.37 bits per heavy atom. The Kier molecular flexibility index (Phi) is 10.1. The number of anilines is 3. The fourth-order valence-electron chi connectivity index (χ4n) is 9.70. The van der Waals surface area contributed by atoms with E-state index < -0.39 is 0 Å². The van der Waals surface area contributed by atoms with Crippen molar-refractivity contribution in [3.8, 4) is 45.3 Å². The number of fused-ring (bicyclic) bond motifs is 4. The van der Waals surface area contributed by atoms with Gasteiger partial charge in [0, 0.05) is 111 Å². The summed E-state index contributed by atoms with van der Waals surface area (Å²) in [4.78, 5) is 45.8. The van der Waals surface area contributed by atoms with Crippen LogP contribution in [0.15, 0.2) is 91.8 Å². The van der Waals surface area contributed by atoms with Gasteiger partial charge in [0.25, 0.3) is 0 Å². The molecule has 0 amide bonds. The van der Waals surface area contributed by atoms with Gasteiger partial charge in [-0.05, 0) is 91.4 Å². The number of nitrogens with one attached hydrogen (secondary N) is 5. The van der Waals surface area contributed by atoms with Crippen LogP contribution in [0.3, 0.4) is 0 Å². The molecule has 0 saturated carbocycles. The third-order valence-corrected chi connectivity index (χ3v) is 13.4. The lowest BCUT2D eigenvalue weighted by Gasteiger charge is -2.40. The van der Waals surface area contributed by atoms with E-state index in [0.29, 0.717) is 23.9 Å². The monoisotopic (exact) mass is 890 g/mol. The van der Waals surface area contributed by atoms with Gasteiger partial charge >= 0.3 is 0 Å². The molecule has 18 nitrogen and oxygen atoms in total. The van der Waals surface area contributed by atoms with Gasteiger partial charge in [0.05, 0.1) is 33.8 Å². The lowest BCUT2D eigenvalue weighted by atomic mass is 9.94. The van der Waals surface area contributed by atoms with Gasteiger partial charge < -0.3 is 35.7 Å². The van der Waals surface area contributed by atoms with Crippen LogP contribution in [0.25, 0.3) is 89.2 Å². The lowest BCUT2D eigenvalue weighted by molar-refractivity contribution is 0.222. The molecule has 8 aromatic heterocycles. The molecular weight excluding hydrogens is 841 g/mol. The number of pyridine rings is 4. The van der Waals surface area contributed by atoms with Crippen molar-refractivity contribution in [2.75, 3.05) is 82.0 Å². The molecule has 2 aliphatic heterocycles. The summed E-state index contributed by atoms with van der Waals surface area (Å²) in [6.45, 7) is 9.68. The number of benzene rings is 2. The number of aromatic nitrogens is 12. The Balaban J connectivity index is 0.906. The van der Waals surface area contributed by atoms with E-state index in [2.05, 4.69) is 112 Å². The highest BCUT2D eigenvalue weighted by atomic mass is 15.3. The van der Waals surface area contributed by atoms with Gasteiger partial charge in [-0.25, -0.2) is 19.9 Å². The summed E-state index contributed by atoms with van der Waals surface area (Å²) in [6.07, 6.45) is 11.1. The van der Waals surface area contributed by atoms with Gasteiger partial charge in [-0.15, -0.1) is 0 Å². The summed E-state index contributed by atoms with van der Waals surface area (Å²) in [7, 11) is 4.33. The molecule has 67 heavy (non-hydrogen) atoms. The van der Waals surface area contributed by atoms with Crippen molar-refractivity contribution in [1.29, 1.82) is 0 Å². The number of nitrogens with zero attached hydrogens (tertiary/aromatic N) is 12. The van der Waals surface area contributed by atoms with Gasteiger partial charge in [0.2, 0.25) is 0 Å². The second kappa shape index (κ2) is 16.6. The Morgan fingerprint density at radius 3 is 2.16 bits per heavy atom. The van der Waals surface area contributed by atoms with Crippen molar-refractivity contribution < 1.29 is 0 Å². The predicted molar refractivity (Wildman–Crippen MR) is 264 cm³/mol. The molecule has 10 aromatic rings. The Morgan fingerprint density at radius 1 is 0.657 bits per heavy atom. The zero-order valence-electron chi connectivity index (χ0n) is 37.5. The van der Waals surface area contributed by atoms with Crippen LogP contribution in [0, 0.1) is 0 Å². The Labute approximate surface area is 385 Å². The van der Waals surface area contributed by atoms with E-state index >= 15 is 0 Å². The molecule has 0 aliphatic carbocycles. The summed E-state index contributed by atoms with van der Waals surface area (Å²) < 4.78 is 0. The van der Waals surface area contributed by atoms with E-state index in [1.807, 2.05) is 49.2 Å². The number of hydrogen-bond donors (Lipinski definition) is 6. The maximum Gasteiger partial charge on any atom is 0.159 e. The van der Waals surface area contributed by atoms with E-state index in [-0.39, 0.29) is 6.04 Å². The average molecular weight is 891 g/mol. The Bertz CT molecular complexity index is 3450. The van der Waals surface area contributed by atoms with Gasteiger partial charge in [0.15, 0.2) is 23.3 Å². The normalized spacial score (nSPS) is 16.4. The van der Waals surface area contributed by atoms with Gasteiger partial charge in [0.1, 0.15) is 22.4 Å². The topological polar surface area (TPSA) is 217 Å². The molecule has 0 radical (unpaired) electrons.